The van der Waals surface area contributed by atoms with E-state index in [-0.39, 0.29) is 5.91 Å². The van der Waals surface area contributed by atoms with Crippen molar-refractivity contribution in [2.24, 2.45) is 5.73 Å². The molecule has 2 heterocycles. The molecule has 1 amide bonds. The number of pyridine rings is 1. The van der Waals surface area contributed by atoms with Gasteiger partial charge in [0.15, 0.2) is 0 Å². The number of rotatable bonds is 5. The first-order valence-electron chi connectivity index (χ1n) is 6.07. The van der Waals surface area contributed by atoms with Crippen LogP contribution in [-0.2, 0) is 13.1 Å². The molecule has 0 fully saturated rings. The number of nitrogens with zero attached hydrogens (tertiary/aromatic N) is 4. The van der Waals surface area contributed by atoms with Crippen LogP contribution in [0, 0.1) is 0 Å². The van der Waals surface area contributed by atoms with Gasteiger partial charge in [-0.05, 0) is 11.6 Å². The second-order valence-corrected chi connectivity index (χ2v) is 4.31. The summed E-state index contributed by atoms with van der Waals surface area (Å²) in [4.78, 5) is 21.9. The normalized spacial score (nSPS) is 10.4. The van der Waals surface area contributed by atoms with Gasteiger partial charge in [0.05, 0.1) is 6.33 Å². The molecule has 0 unspecified atom stereocenters. The Labute approximate surface area is 111 Å². The van der Waals surface area contributed by atoms with Crippen LogP contribution in [0.5, 0.6) is 0 Å². The van der Waals surface area contributed by atoms with Crippen LogP contribution in [0.2, 0.25) is 0 Å². The number of aromatic nitrogens is 3. The fourth-order valence-corrected chi connectivity index (χ4v) is 1.77. The van der Waals surface area contributed by atoms with Crippen LogP contribution in [0.15, 0.2) is 37.1 Å². The van der Waals surface area contributed by atoms with Gasteiger partial charge in [0.1, 0.15) is 5.69 Å². The topological polar surface area (TPSA) is 77.0 Å². The molecule has 6 nitrogen and oxygen atoms in total. The molecule has 0 aliphatic carbocycles. The van der Waals surface area contributed by atoms with E-state index in [1.54, 1.807) is 36.9 Å². The summed E-state index contributed by atoms with van der Waals surface area (Å²) in [5, 5.41) is 0. The van der Waals surface area contributed by atoms with Crippen molar-refractivity contribution in [3.63, 3.8) is 0 Å². The highest BCUT2D eigenvalue weighted by molar-refractivity contribution is 5.91. The van der Waals surface area contributed by atoms with E-state index in [2.05, 4.69) is 9.97 Å². The van der Waals surface area contributed by atoms with Crippen LogP contribution in [-0.4, -0.2) is 38.9 Å². The minimum atomic E-state index is -0.111. The summed E-state index contributed by atoms with van der Waals surface area (Å²) in [7, 11) is 1.75. The van der Waals surface area contributed by atoms with Crippen LogP contribution >= 0.6 is 0 Å². The largest absolute Gasteiger partial charge is 0.336 e. The Hall–Kier alpha value is -2.21. The highest BCUT2D eigenvalue weighted by Crippen LogP contribution is 2.06. The van der Waals surface area contributed by atoms with E-state index >= 15 is 0 Å². The molecule has 2 aromatic rings. The van der Waals surface area contributed by atoms with Gasteiger partial charge < -0.3 is 15.2 Å². The fraction of sp³-hybridized carbons (Fsp3) is 0.308. The molecule has 0 aliphatic rings. The number of amides is 1. The minimum absolute atomic E-state index is 0.111. The second kappa shape index (κ2) is 6.10. The number of nitrogens with two attached hydrogens (primary N) is 1. The third-order valence-corrected chi connectivity index (χ3v) is 2.73. The highest BCUT2D eigenvalue weighted by Gasteiger charge is 2.14. The van der Waals surface area contributed by atoms with E-state index in [9.17, 15) is 4.79 Å². The first-order valence-corrected chi connectivity index (χ1v) is 6.07. The first kappa shape index (κ1) is 13.2. The lowest BCUT2D eigenvalue weighted by Gasteiger charge is -2.15. The van der Waals surface area contributed by atoms with E-state index in [1.807, 2.05) is 16.7 Å². The average Bonchev–Trinajstić information content (AvgIpc) is 2.88. The summed E-state index contributed by atoms with van der Waals surface area (Å²) >= 11 is 0. The maximum atomic E-state index is 12.2. The third kappa shape index (κ3) is 3.38. The molecule has 0 atom stereocenters. The maximum absolute atomic E-state index is 12.2. The second-order valence-electron chi connectivity index (χ2n) is 4.31. The van der Waals surface area contributed by atoms with Crippen molar-refractivity contribution in [3.8, 4) is 0 Å². The molecular formula is C13H17N5O. The lowest BCUT2D eigenvalue weighted by molar-refractivity contribution is 0.0779. The Morgan fingerprint density at radius 1 is 1.53 bits per heavy atom. The first-order chi connectivity index (χ1) is 9.20. The molecule has 0 saturated carbocycles. The van der Waals surface area contributed by atoms with Crippen LogP contribution in [0.4, 0.5) is 0 Å². The smallest absolute Gasteiger partial charge is 0.274 e. The predicted molar refractivity (Wildman–Crippen MR) is 71.3 cm³/mol. The number of hydrogen-bond donors (Lipinski definition) is 1. The number of hydrogen-bond acceptors (Lipinski definition) is 4. The van der Waals surface area contributed by atoms with Crippen molar-refractivity contribution in [3.05, 3.63) is 48.3 Å². The highest BCUT2D eigenvalue weighted by atomic mass is 16.2. The van der Waals surface area contributed by atoms with Crippen molar-refractivity contribution in [1.29, 1.82) is 0 Å². The van der Waals surface area contributed by atoms with Gasteiger partial charge in [-0.25, -0.2) is 4.98 Å². The van der Waals surface area contributed by atoms with Crippen LogP contribution < -0.4 is 5.73 Å². The molecule has 6 heteroatoms. The SMILES string of the molecule is CN(Cc1cccnc1)C(=O)c1cn(CCN)cn1. The van der Waals surface area contributed by atoms with E-state index < -0.39 is 0 Å². The quantitative estimate of drug-likeness (QED) is 0.848. The zero-order valence-electron chi connectivity index (χ0n) is 10.9. The van der Waals surface area contributed by atoms with E-state index in [0.717, 1.165) is 5.56 Å². The van der Waals surface area contributed by atoms with Gasteiger partial charge in [0, 0.05) is 45.3 Å². The van der Waals surface area contributed by atoms with Crippen molar-refractivity contribution in [1.82, 2.24) is 19.4 Å². The third-order valence-electron chi connectivity index (χ3n) is 2.73. The molecule has 0 aromatic carbocycles. The molecular weight excluding hydrogens is 242 g/mol. The predicted octanol–water partition coefficient (Wildman–Crippen LogP) is 0.509. The lowest BCUT2D eigenvalue weighted by atomic mass is 10.2. The van der Waals surface area contributed by atoms with Gasteiger partial charge in [-0.2, -0.15) is 0 Å². The lowest BCUT2D eigenvalue weighted by Crippen LogP contribution is -2.26. The number of carbonyl (C=O) groups is 1. The Balaban J connectivity index is 2.02. The number of imidazole rings is 1. The Kier molecular flexibility index (Phi) is 4.25. The Morgan fingerprint density at radius 2 is 2.37 bits per heavy atom. The molecule has 0 spiro atoms. The van der Waals surface area contributed by atoms with Gasteiger partial charge in [-0.15, -0.1) is 0 Å². The van der Waals surface area contributed by atoms with Gasteiger partial charge in [0.2, 0.25) is 0 Å². The summed E-state index contributed by atoms with van der Waals surface area (Å²) in [5.74, 6) is -0.111. The van der Waals surface area contributed by atoms with Crippen LogP contribution in [0.1, 0.15) is 16.1 Å². The molecule has 2 N–H and O–H groups in total. The molecule has 0 aliphatic heterocycles. The van der Waals surface area contributed by atoms with Crippen molar-refractivity contribution >= 4 is 5.91 Å². The van der Waals surface area contributed by atoms with Gasteiger partial charge >= 0.3 is 0 Å². The standard InChI is InChI=1S/C13H17N5O/c1-17(8-11-3-2-5-15-7-11)13(19)12-9-18(6-4-14)10-16-12/h2-3,5,7,9-10H,4,6,8,14H2,1H3. The molecule has 0 bridgehead atoms. The molecule has 2 rings (SSSR count). The van der Waals surface area contributed by atoms with Gasteiger partial charge in [-0.3, -0.25) is 9.78 Å². The number of carbonyl (C=O) groups excluding carboxylic acids is 1. The average molecular weight is 259 g/mol. The summed E-state index contributed by atoms with van der Waals surface area (Å²) < 4.78 is 1.81. The summed E-state index contributed by atoms with van der Waals surface area (Å²) in [6.07, 6.45) is 6.80. The molecule has 19 heavy (non-hydrogen) atoms. The summed E-state index contributed by atoms with van der Waals surface area (Å²) in [6.45, 7) is 1.69. The van der Waals surface area contributed by atoms with E-state index in [4.69, 9.17) is 5.73 Å². The summed E-state index contributed by atoms with van der Waals surface area (Å²) in [6, 6.07) is 3.79. The maximum Gasteiger partial charge on any atom is 0.274 e. The van der Waals surface area contributed by atoms with Crippen LogP contribution in [0.3, 0.4) is 0 Å². The molecule has 0 saturated heterocycles. The Bertz CT molecular complexity index is 537. The van der Waals surface area contributed by atoms with Crippen molar-refractivity contribution in [2.75, 3.05) is 13.6 Å². The molecule has 0 radical (unpaired) electrons. The summed E-state index contributed by atoms with van der Waals surface area (Å²) in [5.41, 5.74) is 6.87. The van der Waals surface area contributed by atoms with Gasteiger partial charge in [-0.1, -0.05) is 6.07 Å². The van der Waals surface area contributed by atoms with E-state index in [0.29, 0.717) is 25.3 Å². The zero-order valence-corrected chi connectivity index (χ0v) is 10.9. The van der Waals surface area contributed by atoms with Gasteiger partial charge in [0.25, 0.3) is 5.91 Å². The van der Waals surface area contributed by atoms with Crippen molar-refractivity contribution in [2.45, 2.75) is 13.1 Å². The van der Waals surface area contributed by atoms with E-state index in [1.165, 1.54) is 0 Å². The Morgan fingerprint density at radius 3 is 3.05 bits per heavy atom. The van der Waals surface area contributed by atoms with Crippen molar-refractivity contribution < 1.29 is 4.79 Å². The molecule has 100 valence electrons. The zero-order chi connectivity index (χ0) is 13.7. The minimum Gasteiger partial charge on any atom is -0.336 e. The fourth-order valence-electron chi connectivity index (χ4n) is 1.77. The monoisotopic (exact) mass is 259 g/mol. The molecule has 2 aromatic heterocycles. The van der Waals surface area contributed by atoms with Crippen LogP contribution in [0.25, 0.3) is 0 Å².